The standard InChI is InChI=1S/C16H33N3O2/c1-6-19(7-2)14-9-11-18(13-14)12-10-16(4,17-5)15(20)21-8-3/h14,17H,6-13H2,1-5H3. The number of likely N-dealkylation sites (tertiary alicyclic amines) is 1. The van der Waals surface area contributed by atoms with E-state index in [-0.39, 0.29) is 5.97 Å². The van der Waals surface area contributed by atoms with Gasteiger partial charge in [0.2, 0.25) is 0 Å². The summed E-state index contributed by atoms with van der Waals surface area (Å²) in [6.45, 7) is 14.1. The fraction of sp³-hybridized carbons (Fsp3) is 0.938. The highest BCUT2D eigenvalue weighted by Gasteiger charge is 2.34. The molecule has 1 aliphatic heterocycles. The lowest BCUT2D eigenvalue weighted by Crippen LogP contribution is -2.50. The van der Waals surface area contributed by atoms with Crippen LogP contribution < -0.4 is 5.32 Å². The van der Waals surface area contributed by atoms with Crippen LogP contribution in [0.3, 0.4) is 0 Å². The van der Waals surface area contributed by atoms with Crippen LogP contribution in [0.4, 0.5) is 0 Å². The first-order valence-corrected chi connectivity index (χ1v) is 8.33. The van der Waals surface area contributed by atoms with Crippen molar-refractivity contribution in [2.45, 2.75) is 52.1 Å². The Morgan fingerprint density at radius 3 is 2.57 bits per heavy atom. The highest BCUT2D eigenvalue weighted by Crippen LogP contribution is 2.19. The molecule has 0 saturated carbocycles. The molecule has 5 nitrogen and oxygen atoms in total. The van der Waals surface area contributed by atoms with E-state index < -0.39 is 5.54 Å². The largest absolute Gasteiger partial charge is 0.465 e. The molecule has 2 atom stereocenters. The smallest absolute Gasteiger partial charge is 0.326 e. The molecule has 1 fully saturated rings. The number of carbonyl (C=O) groups is 1. The summed E-state index contributed by atoms with van der Waals surface area (Å²) in [6.07, 6.45) is 2.02. The minimum absolute atomic E-state index is 0.146. The molecule has 5 heteroatoms. The Bertz CT molecular complexity index is 321. The highest BCUT2D eigenvalue weighted by molar-refractivity contribution is 5.80. The summed E-state index contributed by atoms with van der Waals surface area (Å²) in [5, 5.41) is 3.13. The minimum atomic E-state index is -0.580. The van der Waals surface area contributed by atoms with Crippen molar-refractivity contribution < 1.29 is 9.53 Å². The zero-order valence-electron chi connectivity index (χ0n) is 14.4. The lowest BCUT2D eigenvalue weighted by atomic mass is 9.98. The van der Waals surface area contributed by atoms with Crippen LogP contribution in [-0.2, 0) is 9.53 Å². The molecular formula is C16H33N3O2. The van der Waals surface area contributed by atoms with E-state index in [4.69, 9.17) is 4.74 Å². The molecule has 0 radical (unpaired) electrons. The van der Waals surface area contributed by atoms with E-state index in [2.05, 4.69) is 29.0 Å². The average molecular weight is 299 g/mol. The predicted molar refractivity (Wildman–Crippen MR) is 86.5 cm³/mol. The minimum Gasteiger partial charge on any atom is -0.465 e. The van der Waals surface area contributed by atoms with Crippen LogP contribution in [0.1, 0.15) is 40.5 Å². The molecule has 0 spiro atoms. The van der Waals surface area contributed by atoms with Crippen molar-refractivity contribution in [3.05, 3.63) is 0 Å². The van der Waals surface area contributed by atoms with Crippen LogP contribution in [0.25, 0.3) is 0 Å². The third-order valence-electron chi connectivity index (χ3n) is 4.78. The Morgan fingerprint density at radius 1 is 1.38 bits per heavy atom. The molecule has 0 bridgehead atoms. The van der Waals surface area contributed by atoms with Gasteiger partial charge in [-0.25, -0.2) is 0 Å². The monoisotopic (exact) mass is 299 g/mol. The Labute approximate surface area is 130 Å². The first kappa shape index (κ1) is 18.4. The summed E-state index contributed by atoms with van der Waals surface area (Å²) in [5.41, 5.74) is -0.580. The van der Waals surface area contributed by atoms with Crippen molar-refractivity contribution >= 4 is 5.97 Å². The SMILES string of the molecule is CCOC(=O)C(C)(CCN1CCC(N(CC)CC)C1)NC. The van der Waals surface area contributed by atoms with E-state index in [9.17, 15) is 4.79 Å². The number of rotatable bonds is 9. The van der Waals surface area contributed by atoms with Crippen LogP contribution in [0.5, 0.6) is 0 Å². The number of hydrogen-bond acceptors (Lipinski definition) is 5. The third-order valence-corrected chi connectivity index (χ3v) is 4.78. The Hall–Kier alpha value is -0.650. The van der Waals surface area contributed by atoms with Crippen LogP contribution >= 0.6 is 0 Å². The zero-order valence-corrected chi connectivity index (χ0v) is 14.4. The second-order valence-electron chi connectivity index (χ2n) is 6.02. The molecule has 21 heavy (non-hydrogen) atoms. The summed E-state index contributed by atoms with van der Waals surface area (Å²) < 4.78 is 5.18. The summed E-state index contributed by atoms with van der Waals surface area (Å²) in [7, 11) is 1.83. The van der Waals surface area contributed by atoms with Gasteiger partial charge in [0.25, 0.3) is 0 Å². The van der Waals surface area contributed by atoms with Crippen molar-refractivity contribution in [2.24, 2.45) is 0 Å². The van der Waals surface area contributed by atoms with Crippen molar-refractivity contribution in [1.82, 2.24) is 15.1 Å². The maximum absolute atomic E-state index is 12.1. The van der Waals surface area contributed by atoms with Crippen LogP contribution in [0.2, 0.25) is 0 Å². The Morgan fingerprint density at radius 2 is 2.05 bits per heavy atom. The van der Waals surface area contributed by atoms with Crippen molar-refractivity contribution in [2.75, 3.05) is 46.4 Å². The van der Waals surface area contributed by atoms with E-state index in [0.29, 0.717) is 12.6 Å². The van der Waals surface area contributed by atoms with Gasteiger partial charge >= 0.3 is 5.97 Å². The molecule has 1 N–H and O–H groups in total. The first-order valence-electron chi connectivity index (χ1n) is 8.33. The summed E-state index contributed by atoms with van der Waals surface area (Å²) in [6, 6.07) is 0.670. The molecule has 1 aliphatic rings. The molecule has 1 saturated heterocycles. The molecule has 0 aromatic heterocycles. The first-order chi connectivity index (χ1) is 10.0. The maximum Gasteiger partial charge on any atom is 0.326 e. The number of nitrogens with one attached hydrogen (secondary N) is 1. The van der Waals surface area contributed by atoms with Crippen molar-refractivity contribution in [3.8, 4) is 0 Å². The molecule has 0 amide bonds. The number of hydrogen-bond donors (Lipinski definition) is 1. The molecule has 1 heterocycles. The normalized spacial score (nSPS) is 22.5. The number of esters is 1. The number of likely N-dealkylation sites (N-methyl/N-ethyl adjacent to an activating group) is 2. The zero-order chi connectivity index (χ0) is 15.9. The fourth-order valence-corrected chi connectivity index (χ4v) is 3.05. The van der Waals surface area contributed by atoms with Crippen LogP contribution in [-0.4, -0.2) is 73.7 Å². The second-order valence-corrected chi connectivity index (χ2v) is 6.02. The molecule has 0 aromatic carbocycles. The van der Waals surface area contributed by atoms with Gasteiger partial charge in [0.1, 0.15) is 5.54 Å². The highest BCUT2D eigenvalue weighted by atomic mass is 16.5. The van der Waals surface area contributed by atoms with Gasteiger partial charge in [0, 0.05) is 19.1 Å². The summed E-state index contributed by atoms with van der Waals surface area (Å²) in [5.74, 6) is -0.146. The van der Waals surface area contributed by atoms with E-state index in [1.54, 1.807) is 0 Å². The average Bonchev–Trinajstić information content (AvgIpc) is 2.95. The summed E-state index contributed by atoms with van der Waals surface area (Å²) >= 11 is 0. The van der Waals surface area contributed by atoms with E-state index in [0.717, 1.165) is 39.1 Å². The van der Waals surface area contributed by atoms with Gasteiger partial charge in [0.15, 0.2) is 0 Å². The number of nitrogens with zero attached hydrogens (tertiary/aromatic N) is 2. The van der Waals surface area contributed by atoms with E-state index >= 15 is 0 Å². The van der Waals surface area contributed by atoms with E-state index in [1.807, 2.05) is 20.9 Å². The lowest BCUT2D eigenvalue weighted by Gasteiger charge is -2.30. The summed E-state index contributed by atoms with van der Waals surface area (Å²) in [4.78, 5) is 17.1. The van der Waals surface area contributed by atoms with Crippen LogP contribution in [0.15, 0.2) is 0 Å². The van der Waals surface area contributed by atoms with Crippen molar-refractivity contribution in [1.29, 1.82) is 0 Å². The van der Waals surface area contributed by atoms with Gasteiger partial charge < -0.3 is 15.0 Å². The molecule has 124 valence electrons. The Balaban J connectivity index is 2.46. The molecule has 2 unspecified atom stereocenters. The molecule has 1 rings (SSSR count). The van der Waals surface area contributed by atoms with Crippen molar-refractivity contribution in [3.63, 3.8) is 0 Å². The second kappa shape index (κ2) is 8.71. The molecule has 0 aliphatic carbocycles. The van der Waals surface area contributed by atoms with E-state index in [1.165, 1.54) is 6.42 Å². The molecular weight excluding hydrogens is 266 g/mol. The topological polar surface area (TPSA) is 44.8 Å². The fourth-order valence-electron chi connectivity index (χ4n) is 3.05. The molecule has 0 aromatic rings. The van der Waals surface area contributed by atoms with Crippen LogP contribution in [0, 0.1) is 0 Å². The lowest BCUT2D eigenvalue weighted by molar-refractivity contribution is -0.150. The van der Waals surface area contributed by atoms with Gasteiger partial charge in [-0.15, -0.1) is 0 Å². The number of ether oxygens (including phenoxy) is 1. The number of carbonyl (C=O) groups excluding carboxylic acids is 1. The maximum atomic E-state index is 12.1. The van der Waals surface area contributed by atoms with Gasteiger partial charge in [-0.2, -0.15) is 0 Å². The quantitative estimate of drug-likeness (QED) is 0.651. The predicted octanol–water partition coefficient (Wildman–Crippen LogP) is 1.33. The van der Waals surface area contributed by atoms with Gasteiger partial charge in [-0.3, -0.25) is 9.69 Å². The van der Waals surface area contributed by atoms with Gasteiger partial charge in [0.05, 0.1) is 6.61 Å². The Kier molecular flexibility index (Phi) is 7.63. The third kappa shape index (κ3) is 4.94. The van der Waals surface area contributed by atoms with Gasteiger partial charge in [-0.1, -0.05) is 13.8 Å². The van der Waals surface area contributed by atoms with Gasteiger partial charge in [-0.05, 0) is 53.4 Å².